The highest BCUT2D eigenvalue weighted by atomic mass is 32.2. The average Bonchev–Trinajstić information content (AvgIpc) is 2.73. The number of hydrogen-bond acceptors (Lipinski definition) is 4. The first-order valence-corrected chi connectivity index (χ1v) is 7.16. The third kappa shape index (κ3) is 5.06. The van der Waals surface area contributed by atoms with E-state index in [4.69, 9.17) is 8.74 Å². The molecule has 0 radical (unpaired) electrons. The van der Waals surface area contributed by atoms with Gasteiger partial charge >= 0.3 is 11.4 Å². The number of hydrogen-bond donors (Lipinski definition) is 1. The summed E-state index contributed by atoms with van der Waals surface area (Å²) in [7, 11) is 0. The Morgan fingerprint density at radius 2 is 2.18 bits per heavy atom. The predicted molar refractivity (Wildman–Crippen MR) is 68.0 cm³/mol. The van der Waals surface area contributed by atoms with Crippen molar-refractivity contribution in [2.24, 2.45) is 0 Å². The lowest BCUT2D eigenvalue weighted by Gasteiger charge is -2.27. The maximum Gasteiger partial charge on any atom is 0.303 e. The largest absolute Gasteiger partial charge is 0.358 e. The summed E-state index contributed by atoms with van der Waals surface area (Å²) >= 11 is -2.20. The van der Waals surface area contributed by atoms with Gasteiger partial charge in [0.15, 0.2) is 0 Å². The first-order chi connectivity index (χ1) is 8.17. The quantitative estimate of drug-likeness (QED) is 0.679. The molecule has 0 aromatic carbocycles. The molecule has 1 rings (SSSR count). The van der Waals surface area contributed by atoms with Crippen LogP contribution < -0.4 is 0 Å². The normalized spacial score (nSPS) is 18.8. The maximum absolute atomic E-state index is 10.7. The number of rotatable bonds is 8. The van der Waals surface area contributed by atoms with E-state index in [2.05, 4.69) is 11.8 Å². The molecule has 0 amide bonds. The molecule has 1 N–H and O–H groups in total. The molecule has 2 unspecified atom stereocenters. The first-order valence-electron chi connectivity index (χ1n) is 6.13. The van der Waals surface area contributed by atoms with Crippen molar-refractivity contribution in [2.75, 3.05) is 13.2 Å². The van der Waals surface area contributed by atoms with Gasteiger partial charge in [0.1, 0.15) is 6.23 Å². The van der Waals surface area contributed by atoms with Gasteiger partial charge in [0, 0.05) is 18.9 Å². The van der Waals surface area contributed by atoms with Gasteiger partial charge in [0.05, 0.1) is 6.67 Å². The zero-order valence-corrected chi connectivity index (χ0v) is 11.4. The molecular weight excluding hydrogens is 240 g/mol. The zero-order valence-electron chi connectivity index (χ0n) is 10.5. The molecule has 0 aromatic rings. The topological polar surface area (TPSA) is 53.0 Å². The van der Waals surface area contributed by atoms with Crippen LogP contribution in [-0.4, -0.2) is 38.0 Å². The van der Waals surface area contributed by atoms with Crippen molar-refractivity contribution in [1.29, 1.82) is 0 Å². The van der Waals surface area contributed by atoms with Gasteiger partial charge in [-0.2, -0.15) is 4.21 Å². The second-order valence-electron chi connectivity index (χ2n) is 4.18. The van der Waals surface area contributed by atoms with Crippen LogP contribution in [-0.2, 0) is 15.5 Å². The van der Waals surface area contributed by atoms with E-state index < -0.39 is 11.4 Å². The van der Waals surface area contributed by atoms with E-state index in [0.29, 0.717) is 0 Å². The molecule has 100 valence electrons. The molecule has 1 aliphatic rings. The van der Waals surface area contributed by atoms with E-state index in [0.717, 1.165) is 32.5 Å². The van der Waals surface area contributed by atoms with Crippen LogP contribution in [0, 0.1) is 0 Å². The lowest BCUT2D eigenvalue weighted by Crippen LogP contribution is -2.36. The fraction of sp³-hybridized carbons (Fsp3) is 0.818. The second kappa shape index (κ2) is 7.68. The Bertz CT molecular complexity index is 273. The van der Waals surface area contributed by atoms with E-state index in [1.807, 2.05) is 24.2 Å². The molecular formula is C11H22N2O3S. The summed E-state index contributed by atoms with van der Waals surface area (Å²) in [6.07, 6.45) is 7.63. The van der Waals surface area contributed by atoms with Crippen LogP contribution in [0.15, 0.2) is 12.4 Å². The number of unbranched alkanes of at least 4 members (excludes halogenated alkanes) is 1. The van der Waals surface area contributed by atoms with Crippen LogP contribution in [0.2, 0.25) is 0 Å². The standard InChI is InChI=1S/C11H22N2O3S/c1-3-5-7-12-8-9-13(10-12)11(6-4-2)16-17(14)15/h8-9,11H,3-7,10H2,1-2H3,(H,14,15). The van der Waals surface area contributed by atoms with Crippen LogP contribution in [0.25, 0.3) is 0 Å². The maximum atomic E-state index is 10.7. The predicted octanol–water partition coefficient (Wildman–Crippen LogP) is 2.11. The van der Waals surface area contributed by atoms with Crippen molar-refractivity contribution < 1.29 is 12.9 Å². The van der Waals surface area contributed by atoms with Crippen molar-refractivity contribution in [2.45, 2.75) is 45.8 Å². The highest BCUT2D eigenvalue weighted by molar-refractivity contribution is 7.74. The van der Waals surface area contributed by atoms with E-state index in [1.165, 1.54) is 6.42 Å². The summed E-state index contributed by atoms with van der Waals surface area (Å²) in [5, 5.41) is 0. The molecule has 2 atom stereocenters. The highest BCUT2D eigenvalue weighted by Gasteiger charge is 2.22. The summed E-state index contributed by atoms with van der Waals surface area (Å²) in [5.41, 5.74) is 0. The van der Waals surface area contributed by atoms with E-state index >= 15 is 0 Å². The van der Waals surface area contributed by atoms with Crippen molar-refractivity contribution in [3.63, 3.8) is 0 Å². The Balaban J connectivity index is 2.43. The monoisotopic (exact) mass is 262 g/mol. The summed E-state index contributed by atoms with van der Waals surface area (Å²) in [6.45, 7) is 5.95. The van der Waals surface area contributed by atoms with Crippen molar-refractivity contribution in [3.8, 4) is 0 Å². The van der Waals surface area contributed by atoms with Crippen LogP contribution in [0.4, 0.5) is 0 Å². The Morgan fingerprint density at radius 1 is 1.41 bits per heavy atom. The fourth-order valence-corrected chi connectivity index (χ4v) is 2.19. The molecule has 1 aliphatic heterocycles. The Labute approximate surface area is 106 Å². The van der Waals surface area contributed by atoms with Gasteiger partial charge < -0.3 is 9.80 Å². The average molecular weight is 262 g/mol. The Morgan fingerprint density at radius 3 is 2.76 bits per heavy atom. The minimum absolute atomic E-state index is 0.311. The highest BCUT2D eigenvalue weighted by Crippen LogP contribution is 2.16. The Kier molecular flexibility index (Phi) is 6.54. The molecule has 0 aliphatic carbocycles. The van der Waals surface area contributed by atoms with Gasteiger partial charge in [-0.05, 0) is 12.8 Å². The van der Waals surface area contributed by atoms with Gasteiger partial charge in [-0.15, -0.1) is 0 Å². The Hall–Kier alpha value is -0.590. The first kappa shape index (κ1) is 14.5. The van der Waals surface area contributed by atoms with Crippen LogP contribution in [0.5, 0.6) is 0 Å². The second-order valence-corrected chi connectivity index (χ2v) is 4.80. The number of nitrogens with zero attached hydrogens (tertiary/aromatic N) is 2. The molecule has 0 bridgehead atoms. The van der Waals surface area contributed by atoms with Crippen molar-refractivity contribution >= 4 is 11.4 Å². The zero-order chi connectivity index (χ0) is 12.7. The third-order valence-electron chi connectivity index (χ3n) is 2.71. The van der Waals surface area contributed by atoms with Crippen LogP contribution >= 0.6 is 0 Å². The lowest BCUT2D eigenvalue weighted by atomic mass is 10.3. The molecule has 0 fully saturated rings. The summed E-state index contributed by atoms with van der Waals surface area (Å²) < 4.78 is 24.5. The summed E-state index contributed by atoms with van der Waals surface area (Å²) in [5.74, 6) is 0. The summed E-state index contributed by atoms with van der Waals surface area (Å²) in [4.78, 5) is 4.16. The van der Waals surface area contributed by atoms with Gasteiger partial charge in [-0.1, -0.05) is 26.7 Å². The van der Waals surface area contributed by atoms with Gasteiger partial charge in [-0.25, -0.2) is 4.18 Å². The van der Waals surface area contributed by atoms with E-state index in [1.54, 1.807) is 0 Å². The molecule has 6 heteroatoms. The van der Waals surface area contributed by atoms with Gasteiger partial charge in [0.2, 0.25) is 0 Å². The van der Waals surface area contributed by atoms with E-state index in [9.17, 15) is 4.21 Å². The van der Waals surface area contributed by atoms with Crippen molar-refractivity contribution in [1.82, 2.24) is 9.80 Å². The fourth-order valence-electron chi connectivity index (χ4n) is 1.79. The molecule has 0 saturated heterocycles. The van der Waals surface area contributed by atoms with E-state index in [-0.39, 0.29) is 6.23 Å². The van der Waals surface area contributed by atoms with Crippen molar-refractivity contribution in [3.05, 3.63) is 12.4 Å². The molecule has 0 spiro atoms. The third-order valence-corrected chi connectivity index (χ3v) is 3.10. The van der Waals surface area contributed by atoms with Crippen LogP contribution in [0.1, 0.15) is 39.5 Å². The van der Waals surface area contributed by atoms with Gasteiger partial charge in [0.25, 0.3) is 0 Å². The van der Waals surface area contributed by atoms with Crippen LogP contribution in [0.3, 0.4) is 0 Å². The lowest BCUT2D eigenvalue weighted by molar-refractivity contribution is 0.0437. The molecule has 0 aromatic heterocycles. The smallest absolute Gasteiger partial charge is 0.303 e. The molecule has 0 saturated carbocycles. The molecule has 1 heterocycles. The summed E-state index contributed by atoms with van der Waals surface area (Å²) in [6, 6.07) is 0. The SMILES string of the molecule is CCCCN1C=CN(C(CCC)OS(=O)O)C1. The minimum Gasteiger partial charge on any atom is -0.358 e. The van der Waals surface area contributed by atoms with Gasteiger partial charge in [-0.3, -0.25) is 4.55 Å². The molecule has 5 nitrogen and oxygen atoms in total. The minimum atomic E-state index is -2.20. The molecule has 17 heavy (non-hydrogen) atoms.